The predicted molar refractivity (Wildman–Crippen MR) is 108 cm³/mol. The standard InChI is InChI=1S/C20H23N5O2S/c1-2-25-16-10-9-14(11-15(16)21-24-25)19(26)22-23-20(27)18-12-13-7-5-3-4-6-8-17(13)28-18/h9-12H,2-8H2,1H3,(H,22,26)(H,23,27). The van der Waals surface area contributed by atoms with Crippen LogP contribution in [0.2, 0.25) is 0 Å². The minimum atomic E-state index is -0.379. The van der Waals surface area contributed by atoms with E-state index in [4.69, 9.17) is 0 Å². The molecule has 4 rings (SSSR count). The van der Waals surface area contributed by atoms with Crippen LogP contribution in [0.4, 0.5) is 0 Å². The van der Waals surface area contributed by atoms with Gasteiger partial charge in [0.2, 0.25) is 0 Å². The summed E-state index contributed by atoms with van der Waals surface area (Å²) >= 11 is 1.54. The highest BCUT2D eigenvalue weighted by Crippen LogP contribution is 2.28. The van der Waals surface area contributed by atoms with E-state index < -0.39 is 0 Å². The van der Waals surface area contributed by atoms with Crippen molar-refractivity contribution in [2.45, 2.75) is 52.0 Å². The van der Waals surface area contributed by atoms with Crippen LogP contribution in [0.1, 0.15) is 63.1 Å². The second-order valence-corrected chi connectivity index (χ2v) is 8.13. The maximum Gasteiger partial charge on any atom is 0.279 e. The first kappa shape index (κ1) is 18.6. The van der Waals surface area contributed by atoms with Gasteiger partial charge in [-0.2, -0.15) is 0 Å². The maximum atomic E-state index is 12.5. The largest absolute Gasteiger partial charge is 0.279 e. The summed E-state index contributed by atoms with van der Waals surface area (Å²) in [6, 6.07) is 7.17. The Morgan fingerprint density at radius 1 is 1.07 bits per heavy atom. The lowest BCUT2D eigenvalue weighted by Gasteiger charge is -2.07. The first-order valence-corrected chi connectivity index (χ1v) is 10.5. The Morgan fingerprint density at radius 2 is 1.86 bits per heavy atom. The monoisotopic (exact) mass is 397 g/mol. The van der Waals surface area contributed by atoms with Crippen molar-refractivity contribution in [3.8, 4) is 0 Å². The number of benzene rings is 1. The zero-order chi connectivity index (χ0) is 19.5. The molecule has 1 aliphatic carbocycles. The number of aryl methyl sites for hydroxylation is 3. The summed E-state index contributed by atoms with van der Waals surface area (Å²) in [5.74, 6) is -0.653. The van der Waals surface area contributed by atoms with Gasteiger partial charge >= 0.3 is 0 Å². The van der Waals surface area contributed by atoms with Crippen molar-refractivity contribution >= 4 is 34.2 Å². The van der Waals surface area contributed by atoms with Gasteiger partial charge in [0.15, 0.2) is 0 Å². The Balaban J connectivity index is 1.42. The number of hydrogen-bond donors (Lipinski definition) is 2. The lowest BCUT2D eigenvalue weighted by molar-refractivity contribution is 0.0849. The molecule has 1 aromatic carbocycles. The zero-order valence-electron chi connectivity index (χ0n) is 15.8. The van der Waals surface area contributed by atoms with Gasteiger partial charge in [0.1, 0.15) is 5.52 Å². The third-order valence-corrected chi connectivity index (χ3v) is 6.32. The van der Waals surface area contributed by atoms with Crippen LogP contribution in [-0.2, 0) is 19.4 Å². The minimum Gasteiger partial charge on any atom is -0.267 e. The molecule has 2 aromatic heterocycles. The fourth-order valence-electron chi connectivity index (χ4n) is 3.55. The number of carbonyl (C=O) groups excluding carboxylic acids is 2. The molecule has 0 saturated carbocycles. The molecule has 0 fully saturated rings. The number of hydrazine groups is 1. The second-order valence-electron chi connectivity index (χ2n) is 6.99. The summed E-state index contributed by atoms with van der Waals surface area (Å²) in [5.41, 5.74) is 8.27. The molecule has 2 amide bonds. The van der Waals surface area contributed by atoms with Crippen LogP contribution in [0.5, 0.6) is 0 Å². The number of rotatable bonds is 3. The van der Waals surface area contributed by atoms with Gasteiger partial charge in [0.05, 0.1) is 10.4 Å². The molecule has 8 heteroatoms. The van der Waals surface area contributed by atoms with E-state index in [1.807, 2.05) is 19.1 Å². The van der Waals surface area contributed by atoms with Crippen molar-refractivity contribution in [3.05, 3.63) is 45.1 Å². The van der Waals surface area contributed by atoms with Crippen LogP contribution >= 0.6 is 11.3 Å². The molecule has 146 valence electrons. The van der Waals surface area contributed by atoms with Gasteiger partial charge in [-0.1, -0.05) is 18.1 Å². The number of nitrogens with zero attached hydrogens (tertiary/aromatic N) is 3. The molecule has 2 N–H and O–H groups in total. The van der Waals surface area contributed by atoms with Crippen LogP contribution in [0.25, 0.3) is 11.0 Å². The van der Waals surface area contributed by atoms with Crippen LogP contribution in [0.3, 0.4) is 0 Å². The molecule has 1 aliphatic rings. The normalized spacial score (nSPS) is 14.2. The topological polar surface area (TPSA) is 88.9 Å². The molecule has 28 heavy (non-hydrogen) atoms. The smallest absolute Gasteiger partial charge is 0.267 e. The highest BCUT2D eigenvalue weighted by Gasteiger charge is 2.17. The second kappa shape index (κ2) is 8.10. The van der Waals surface area contributed by atoms with Gasteiger partial charge in [-0.3, -0.25) is 20.4 Å². The quantitative estimate of drug-likeness (QED) is 0.664. The maximum absolute atomic E-state index is 12.5. The van der Waals surface area contributed by atoms with Crippen molar-refractivity contribution < 1.29 is 9.59 Å². The highest BCUT2D eigenvalue weighted by molar-refractivity contribution is 7.14. The molecule has 0 aliphatic heterocycles. The Bertz CT molecular complexity index is 997. The van der Waals surface area contributed by atoms with E-state index in [9.17, 15) is 9.59 Å². The van der Waals surface area contributed by atoms with Crippen molar-refractivity contribution in [1.82, 2.24) is 25.8 Å². The highest BCUT2D eigenvalue weighted by atomic mass is 32.1. The van der Waals surface area contributed by atoms with Crippen molar-refractivity contribution in [3.63, 3.8) is 0 Å². The molecule has 0 unspecified atom stereocenters. The summed E-state index contributed by atoms with van der Waals surface area (Å²) in [6.45, 7) is 2.69. The van der Waals surface area contributed by atoms with Crippen LogP contribution in [0, 0.1) is 0 Å². The lowest BCUT2D eigenvalue weighted by atomic mass is 10.00. The first-order valence-electron chi connectivity index (χ1n) is 9.71. The van der Waals surface area contributed by atoms with E-state index in [1.54, 1.807) is 16.8 Å². The Hall–Kier alpha value is -2.74. The Labute approximate surface area is 167 Å². The summed E-state index contributed by atoms with van der Waals surface area (Å²) < 4.78 is 1.77. The average molecular weight is 398 g/mol. The summed E-state index contributed by atoms with van der Waals surface area (Å²) in [7, 11) is 0. The van der Waals surface area contributed by atoms with Gasteiger partial charge in [0, 0.05) is 17.0 Å². The van der Waals surface area contributed by atoms with E-state index in [0.29, 0.717) is 22.5 Å². The van der Waals surface area contributed by atoms with E-state index in [-0.39, 0.29) is 11.8 Å². The van der Waals surface area contributed by atoms with Crippen LogP contribution in [0.15, 0.2) is 24.3 Å². The van der Waals surface area contributed by atoms with E-state index in [1.165, 1.54) is 47.5 Å². The van der Waals surface area contributed by atoms with Crippen LogP contribution < -0.4 is 10.9 Å². The fourth-order valence-corrected chi connectivity index (χ4v) is 4.70. The molecule has 0 bridgehead atoms. The molecule has 2 heterocycles. The number of nitrogens with one attached hydrogen (secondary N) is 2. The third-order valence-electron chi connectivity index (χ3n) is 5.09. The number of aromatic nitrogens is 3. The summed E-state index contributed by atoms with van der Waals surface area (Å²) in [6.07, 6.45) is 6.93. The molecular weight excluding hydrogens is 374 g/mol. The van der Waals surface area contributed by atoms with Gasteiger partial charge in [-0.25, -0.2) is 4.68 Å². The number of thiophene rings is 1. The first-order chi connectivity index (χ1) is 13.7. The Kier molecular flexibility index (Phi) is 5.38. The van der Waals surface area contributed by atoms with Gasteiger partial charge in [0.25, 0.3) is 11.8 Å². The fraction of sp³-hybridized carbons (Fsp3) is 0.400. The molecule has 7 nitrogen and oxygen atoms in total. The van der Waals surface area contributed by atoms with Gasteiger partial charge in [-0.15, -0.1) is 16.4 Å². The third kappa shape index (κ3) is 3.77. The molecule has 0 radical (unpaired) electrons. The van der Waals surface area contributed by atoms with Gasteiger partial charge < -0.3 is 0 Å². The SMILES string of the molecule is CCn1nnc2cc(C(=O)NNC(=O)c3cc4c(s3)CCCCCC4)ccc21. The lowest BCUT2D eigenvalue weighted by Crippen LogP contribution is -2.41. The molecule has 3 aromatic rings. The average Bonchev–Trinajstić information content (AvgIpc) is 3.28. The van der Waals surface area contributed by atoms with Crippen molar-refractivity contribution in [1.29, 1.82) is 0 Å². The predicted octanol–water partition coefficient (Wildman–Crippen LogP) is 3.25. The summed E-state index contributed by atoms with van der Waals surface area (Å²) in [5, 5.41) is 8.11. The molecule has 0 saturated heterocycles. The number of hydrogen-bond acceptors (Lipinski definition) is 5. The summed E-state index contributed by atoms with van der Waals surface area (Å²) in [4.78, 5) is 26.8. The molecule has 0 spiro atoms. The van der Waals surface area contributed by atoms with E-state index in [2.05, 4.69) is 21.2 Å². The molecular formula is C20H23N5O2S. The number of carbonyl (C=O) groups is 2. The number of fused-ring (bicyclic) bond motifs is 2. The van der Waals surface area contributed by atoms with E-state index in [0.717, 1.165) is 18.4 Å². The van der Waals surface area contributed by atoms with Crippen molar-refractivity contribution in [2.75, 3.05) is 0 Å². The number of amides is 2. The van der Waals surface area contributed by atoms with Crippen LogP contribution in [-0.4, -0.2) is 26.8 Å². The zero-order valence-corrected chi connectivity index (χ0v) is 16.6. The minimum absolute atomic E-state index is 0.275. The van der Waals surface area contributed by atoms with E-state index >= 15 is 0 Å². The van der Waals surface area contributed by atoms with Crippen molar-refractivity contribution in [2.24, 2.45) is 0 Å². The molecule has 0 atom stereocenters. The van der Waals surface area contributed by atoms with Gasteiger partial charge in [-0.05, 0) is 62.4 Å². The Morgan fingerprint density at radius 3 is 2.68 bits per heavy atom.